The highest BCUT2D eigenvalue weighted by Gasteiger charge is 2.23. The number of nitrogens with one attached hydrogen (secondary N) is 2. The Balaban J connectivity index is 1.65. The van der Waals surface area contributed by atoms with Gasteiger partial charge in [-0.2, -0.15) is 0 Å². The van der Waals surface area contributed by atoms with E-state index in [2.05, 4.69) is 10.6 Å². The smallest absolute Gasteiger partial charge is 0.315 e. The van der Waals surface area contributed by atoms with Gasteiger partial charge in [-0.15, -0.1) is 0 Å². The van der Waals surface area contributed by atoms with Crippen molar-refractivity contribution in [2.75, 3.05) is 0 Å². The molecule has 1 aliphatic carbocycles. The number of hydrogen-bond acceptors (Lipinski definition) is 3. The fourth-order valence-corrected chi connectivity index (χ4v) is 3.33. The van der Waals surface area contributed by atoms with Gasteiger partial charge in [0.2, 0.25) is 0 Å². The van der Waals surface area contributed by atoms with E-state index in [9.17, 15) is 14.3 Å². The predicted molar refractivity (Wildman–Crippen MR) is 89.3 cm³/mol. The number of furan rings is 1. The number of amides is 2. The van der Waals surface area contributed by atoms with Crippen molar-refractivity contribution in [2.45, 2.75) is 57.7 Å². The van der Waals surface area contributed by atoms with E-state index in [4.69, 9.17) is 4.42 Å². The zero-order chi connectivity index (χ0) is 17.3. The molecule has 130 valence electrons. The summed E-state index contributed by atoms with van der Waals surface area (Å²) in [7, 11) is 0. The first-order valence-corrected chi connectivity index (χ1v) is 8.37. The molecule has 2 amide bonds. The van der Waals surface area contributed by atoms with E-state index < -0.39 is 0 Å². The predicted octanol–water partition coefficient (Wildman–Crippen LogP) is 3.54. The van der Waals surface area contributed by atoms with Crippen LogP contribution in [0.4, 0.5) is 9.18 Å². The van der Waals surface area contributed by atoms with Gasteiger partial charge in [-0.05, 0) is 57.7 Å². The van der Waals surface area contributed by atoms with Gasteiger partial charge >= 0.3 is 6.03 Å². The SMILES string of the molecule is Cc1c([C@H](C)NC(=O)NC2CCC(O)CC2)oc2ccc(F)cc12. The van der Waals surface area contributed by atoms with Gasteiger partial charge in [-0.25, -0.2) is 9.18 Å². The summed E-state index contributed by atoms with van der Waals surface area (Å²) in [6.07, 6.45) is 2.75. The van der Waals surface area contributed by atoms with Crippen molar-refractivity contribution in [3.8, 4) is 0 Å². The molecule has 0 saturated heterocycles. The van der Waals surface area contributed by atoms with Crippen LogP contribution in [0.3, 0.4) is 0 Å². The van der Waals surface area contributed by atoms with Crippen LogP contribution in [0.5, 0.6) is 0 Å². The third-order valence-electron chi connectivity index (χ3n) is 4.71. The summed E-state index contributed by atoms with van der Waals surface area (Å²) in [6.45, 7) is 3.70. The van der Waals surface area contributed by atoms with Crippen molar-refractivity contribution >= 4 is 17.0 Å². The number of carbonyl (C=O) groups excluding carboxylic acids is 1. The third-order valence-corrected chi connectivity index (χ3v) is 4.71. The van der Waals surface area contributed by atoms with Gasteiger partial charge < -0.3 is 20.2 Å². The number of fused-ring (bicyclic) bond motifs is 1. The lowest BCUT2D eigenvalue weighted by Gasteiger charge is -2.26. The molecule has 2 aromatic rings. The maximum Gasteiger partial charge on any atom is 0.315 e. The van der Waals surface area contributed by atoms with Crippen molar-refractivity contribution in [3.05, 3.63) is 35.3 Å². The van der Waals surface area contributed by atoms with Gasteiger partial charge in [0.1, 0.15) is 17.2 Å². The van der Waals surface area contributed by atoms with E-state index in [1.807, 2.05) is 13.8 Å². The van der Waals surface area contributed by atoms with Gasteiger partial charge in [0, 0.05) is 17.0 Å². The zero-order valence-corrected chi connectivity index (χ0v) is 13.9. The molecular weight excluding hydrogens is 311 g/mol. The Morgan fingerprint density at radius 2 is 2.04 bits per heavy atom. The Bertz CT molecular complexity index is 735. The number of hydrogen-bond donors (Lipinski definition) is 3. The molecule has 1 saturated carbocycles. The topological polar surface area (TPSA) is 74.5 Å². The van der Waals surface area contributed by atoms with Crippen LogP contribution in [0.15, 0.2) is 22.6 Å². The molecule has 0 spiro atoms. The van der Waals surface area contributed by atoms with Crippen LogP contribution < -0.4 is 10.6 Å². The molecule has 3 N–H and O–H groups in total. The molecule has 1 aromatic carbocycles. The lowest BCUT2D eigenvalue weighted by molar-refractivity contribution is 0.117. The Morgan fingerprint density at radius 3 is 2.75 bits per heavy atom. The molecular formula is C18H23FN2O3. The minimum atomic E-state index is -0.324. The Morgan fingerprint density at radius 1 is 1.33 bits per heavy atom. The maximum atomic E-state index is 13.4. The Hall–Kier alpha value is -2.08. The molecule has 1 atom stereocenters. The number of aliphatic hydroxyl groups is 1. The fraction of sp³-hybridized carbons (Fsp3) is 0.500. The van der Waals surface area contributed by atoms with Crippen LogP contribution in [0, 0.1) is 12.7 Å². The van der Waals surface area contributed by atoms with E-state index in [0.717, 1.165) is 36.6 Å². The monoisotopic (exact) mass is 334 g/mol. The molecule has 1 heterocycles. The summed E-state index contributed by atoms with van der Waals surface area (Å²) in [5, 5.41) is 16.0. The Kier molecular flexibility index (Phi) is 4.76. The van der Waals surface area contributed by atoms with Gasteiger partial charge in [-0.1, -0.05) is 0 Å². The lowest BCUT2D eigenvalue weighted by Crippen LogP contribution is -2.44. The molecule has 6 heteroatoms. The van der Waals surface area contributed by atoms with Crippen LogP contribution in [0.1, 0.15) is 50.0 Å². The number of carbonyl (C=O) groups is 1. The molecule has 24 heavy (non-hydrogen) atoms. The summed E-state index contributed by atoms with van der Waals surface area (Å²) in [6, 6.07) is 3.91. The number of urea groups is 1. The molecule has 0 unspecified atom stereocenters. The number of aryl methyl sites for hydroxylation is 1. The van der Waals surface area contributed by atoms with Crippen molar-refractivity contribution in [3.63, 3.8) is 0 Å². The second-order valence-corrected chi connectivity index (χ2v) is 6.58. The highest BCUT2D eigenvalue weighted by Crippen LogP contribution is 2.30. The second-order valence-electron chi connectivity index (χ2n) is 6.58. The Labute approximate surface area is 140 Å². The van der Waals surface area contributed by atoms with Crippen LogP contribution in [-0.2, 0) is 0 Å². The average Bonchev–Trinajstić information content (AvgIpc) is 2.86. The summed E-state index contributed by atoms with van der Waals surface area (Å²) in [5.74, 6) is 0.320. The first-order valence-electron chi connectivity index (χ1n) is 8.37. The first-order chi connectivity index (χ1) is 11.4. The second kappa shape index (κ2) is 6.81. The molecule has 1 fully saturated rings. The summed E-state index contributed by atoms with van der Waals surface area (Å²) >= 11 is 0. The number of aliphatic hydroxyl groups excluding tert-OH is 1. The molecule has 0 radical (unpaired) electrons. The van der Waals surface area contributed by atoms with Crippen molar-refractivity contribution in [1.29, 1.82) is 0 Å². The van der Waals surface area contributed by atoms with Crippen molar-refractivity contribution < 1.29 is 18.7 Å². The van der Waals surface area contributed by atoms with Crippen LogP contribution in [0.25, 0.3) is 11.0 Å². The van der Waals surface area contributed by atoms with Crippen LogP contribution in [-0.4, -0.2) is 23.3 Å². The minimum Gasteiger partial charge on any atom is -0.459 e. The highest BCUT2D eigenvalue weighted by molar-refractivity contribution is 5.82. The van der Waals surface area contributed by atoms with Crippen molar-refractivity contribution in [2.24, 2.45) is 0 Å². The standard InChI is InChI=1S/C18H23FN2O3/c1-10-15-9-12(19)3-8-16(15)24-17(10)11(2)20-18(23)21-13-4-6-14(22)7-5-13/h3,8-9,11,13-14,22H,4-7H2,1-2H3,(H2,20,21,23)/t11-,13?,14?/m0/s1. The quantitative estimate of drug-likeness (QED) is 0.804. The number of rotatable bonds is 3. The van der Waals surface area contributed by atoms with Crippen LogP contribution in [0.2, 0.25) is 0 Å². The lowest BCUT2D eigenvalue weighted by atomic mass is 9.93. The van der Waals surface area contributed by atoms with Gasteiger partial charge in [0.15, 0.2) is 0 Å². The third kappa shape index (κ3) is 3.53. The average molecular weight is 334 g/mol. The zero-order valence-electron chi connectivity index (χ0n) is 13.9. The number of halogens is 1. The molecule has 1 aliphatic rings. The summed E-state index contributed by atoms with van der Waals surface area (Å²) < 4.78 is 19.2. The van der Waals surface area contributed by atoms with E-state index in [-0.39, 0.29) is 30.0 Å². The van der Waals surface area contributed by atoms with E-state index in [0.29, 0.717) is 11.3 Å². The first kappa shape index (κ1) is 16.8. The number of benzene rings is 1. The summed E-state index contributed by atoms with van der Waals surface area (Å²) in [4.78, 5) is 12.2. The highest BCUT2D eigenvalue weighted by atomic mass is 19.1. The molecule has 5 nitrogen and oxygen atoms in total. The minimum absolute atomic E-state index is 0.0893. The van der Waals surface area contributed by atoms with Gasteiger partial charge in [0.05, 0.1) is 12.1 Å². The van der Waals surface area contributed by atoms with Crippen LogP contribution >= 0.6 is 0 Å². The molecule has 3 rings (SSSR count). The molecule has 0 aliphatic heterocycles. The van der Waals surface area contributed by atoms with Crippen molar-refractivity contribution in [1.82, 2.24) is 10.6 Å². The largest absolute Gasteiger partial charge is 0.459 e. The van der Waals surface area contributed by atoms with E-state index in [1.165, 1.54) is 12.1 Å². The molecule has 0 bridgehead atoms. The normalized spacial score (nSPS) is 22.3. The fourth-order valence-electron chi connectivity index (χ4n) is 3.33. The van der Waals surface area contributed by atoms with E-state index >= 15 is 0 Å². The van der Waals surface area contributed by atoms with E-state index in [1.54, 1.807) is 6.07 Å². The van der Waals surface area contributed by atoms with Gasteiger partial charge in [0.25, 0.3) is 0 Å². The maximum absolute atomic E-state index is 13.4. The summed E-state index contributed by atoms with van der Waals surface area (Å²) in [5.41, 5.74) is 1.44. The molecule has 1 aromatic heterocycles. The van der Waals surface area contributed by atoms with Gasteiger partial charge in [-0.3, -0.25) is 0 Å².